The number of piperidine rings is 1. The standard InChI is InChI=1S/C22H25N5O/c1-16-8-7-12-19-20(16)24-15-25-21(19)27-13-6-5-11-18(27)14-23-22(28)26-17-9-3-2-4-10-17/h2-4,7-10,12,15,18H,5-6,11,13-14H2,1H3,(H2,23,26,28). The van der Waals surface area contributed by atoms with Gasteiger partial charge in [-0.1, -0.05) is 30.3 Å². The molecule has 1 aliphatic rings. The van der Waals surface area contributed by atoms with E-state index in [1.54, 1.807) is 6.33 Å². The van der Waals surface area contributed by atoms with E-state index in [1.807, 2.05) is 30.3 Å². The third-order valence-electron chi connectivity index (χ3n) is 5.27. The molecule has 1 aliphatic heterocycles. The summed E-state index contributed by atoms with van der Waals surface area (Å²) in [5.74, 6) is 0.962. The van der Waals surface area contributed by atoms with Crippen LogP contribution in [0.5, 0.6) is 0 Å². The summed E-state index contributed by atoms with van der Waals surface area (Å²) in [4.78, 5) is 23.7. The molecule has 0 aliphatic carbocycles. The summed E-state index contributed by atoms with van der Waals surface area (Å²) in [5, 5.41) is 6.98. The molecule has 1 unspecified atom stereocenters. The first-order chi connectivity index (χ1) is 13.7. The van der Waals surface area contributed by atoms with Gasteiger partial charge in [-0.3, -0.25) is 0 Å². The van der Waals surface area contributed by atoms with Crippen molar-refractivity contribution in [2.75, 3.05) is 23.3 Å². The van der Waals surface area contributed by atoms with E-state index >= 15 is 0 Å². The van der Waals surface area contributed by atoms with Crippen molar-refractivity contribution in [3.63, 3.8) is 0 Å². The number of rotatable bonds is 4. The highest BCUT2D eigenvalue weighted by atomic mass is 16.2. The summed E-state index contributed by atoms with van der Waals surface area (Å²) < 4.78 is 0. The van der Waals surface area contributed by atoms with Crippen LogP contribution in [0, 0.1) is 6.92 Å². The number of carbonyl (C=O) groups is 1. The number of aromatic nitrogens is 2. The molecular weight excluding hydrogens is 350 g/mol. The van der Waals surface area contributed by atoms with Gasteiger partial charge in [-0.15, -0.1) is 0 Å². The number of urea groups is 1. The van der Waals surface area contributed by atoms with Crippen molar-refractivity contribution in [2.24, 2.45) is 0 Å². The lowest BCUT2D eigenvalue weighted by atomic mass is 10.0. The van der Waals surface area contributed by atoms with Gasteiger partial charge in [0.05, 0.1) is 5.52 Å². The summed E-state index contributed by atoms with van der Waals surface area (Å²) in [7, 11) is 0. The summed E-state index contributed by atoms with van der Waals surface area (Å²) in [5.41, 5.74) is 2.93. The Morgan fingerprint density at radius 2 is 1.96 bits per heavy atom. The normalized spacial score (nSPS) is 16.8. The minimum atomic E-state index is -0.180. The lowest BCUT2D eigenvalue weighted by Crippen LogP contribution is -2.48. The Kier molecular flexibility index (Phi) is 5.37. The molecule has 2 amide bonds. The fraction of sp³-hybridized carbons (Fsp3) is 0.318. The average Bonchev–Trinajstić information content (AvgIpc) is 2.73. The molecule has 0 spiro atoms. The maximum absolute atomic E-state index is 12.3. The van der Waals surface area contributed by atoms with E-state index in [-0.39, 0.29) is 12.1 Å². The lowest BCUT2D eigenvalue weighted by Gasteiger charge is -2.37. The van der Waals surface area contributed by atoms with Crippen LogP contribution in [0.3, 0.4) is 0 Å². The molecule has 0 saturated carbocycles. The van der Waals surface area contributed by atoms with Gasteiger partial charge in [-0.05, 0) is 49.9 Å². The maximum Gasteiger partial charge on any atom is 0.319 e. The summed E-state index contributed by atoms with van der Waals surface area (Å²) in [6.07, 6.45) is 4.96. The molecular formula is C22H25N5O. The third-order valence-corrected chi connectivity index (χ3v) is 5.27. The molecule has 0 radical (unpaired) electrons. The van der Waals surface area contributed by atoms with Gasteiger partial charge in [-0.25, -0.2) is 14.8 Å². The van der Waals surface area contributed by atoms with Crippen molar-refractivity contribution >= 4 is 28.4 Å². The van der Waals surface area contributed by atoms with Crippen molar-refractivity contribution in [1.82, 2.24) is 15.3 Å². The summed E-state index contributed by atoms with van der Waals surface area (Å²) in [6, 6.07) is 15.7. The van der Waals surface area contributed by atoms with E-state index in [2.05, 4.69) is 50.6 Å². The van der Waals surface area contributed by atoms with Crippen molar-refractivity contribution in [3.8, 4) is 0 Å². The molecule has 4 rings (SSSR count). The average molecular weight is 375 g/mol. The second kappa shape index (κ2) is 8.25. The molecule has 28 heavy (non-hydrogen) atoms. The van der Waals surface area contributed by atoms with E-state index < -0.39 is 0 Å². The Morgan fingerprint density at radius 3 is 2.82 bits per heavy atom. The van der Waals surface area contributed by atoms with Crippen LogP contribution in [-0.2, 0) is 0 Å². The number of anilines is 2. The molecule has 6 heteroatoms. The SMILES string of the molecule is Cc1cccc2c(N3CCCCC3CNC(=O)Nc3ccccc3)ncnc12. The van der Waals surface area contributed by atoms with Crippen LogP contribution in [0.15, 0.2) is 54.9 Å². The van der Waals surface area contributed by atoms with Crippen molar-refractivity contribution < 1.29 is 4.79 Å². The highest BCUT2D eigenvalue weighted by molar-refractivity contribution is 5.91. The number of hydrogen-bond acceptors (Lipinski definition) is 4. The minimum Gasteiger partial charge on any atom is -0.351 e. The molecule has 144 valence electrons. The van der Waals surface area contributed by atoms with Crippen LogP contribution in [0.2, 0.25) is 0 Å². The van der Waals surface area contributed by atoms with Crippen LogP contribution < -0.4 is 15.5 Å². The molecule has 2 N–H and O–H groups in total. The number of amides is 2. The Hall–Kier alpha value is -3.15. The topological polar surface area (TPSA) is 70.2 Å². The second-order valence-corrected chi connectivity index (χ2v) is 7.21. The molecule has 1 saturated heterocycles. The second-order valence-electron chi connectivity index (χ2n) is 7.21. The number of fused-ring (bicyclic) bond motifs is 1. The van der Waals surface area contributed by atoms with Crippen LogP contribution in [0.25, 0.3) is 10.9 Å². The largest absolute Gasteiger partial charge is 0.351 e. The van der Waals surface area contributed by atoms with Gasteiger partial charge in [-0.2, -0.15) is 0 Å². The first-order valence-corrected chi connectivity index (χ1v) is 9.79. The number of aryl methyl sites for hydroxylation is 1. The van der Waals surface area contributed by atoms with Crippen LogP contribution >= 0.6 is 0 Å². The molecule has 6 nitrogen and oxygen atoms in total. The number of nitrogens with one attached hydrogen (secondary N) is 2. The van der Waals surface area contributed by atoms with Gasteiger partial charge in [0.1, 0.15) is 12.1 Å². The molecule has 1 fully saturated rings. The molecule has 0 bridgehead atoms. The van der Waals surface area contributed by atoms with Gasteiger partial charge in [0.2, 0.25) is 0 Å². The Bertz CT molecular complexity index is 960. The van der Waals surface area contributed by atoms with E-state index in [1.165, 1.54) is 0 Å². The van der Waals surface area contributed by atoms with Crippen LogP contribution in [-0.4, -0.2) is 35.1 Å². The van der Waals surface area contributed by atoms with Gasteiger partial charge in [0.25, 0.3) is 0 Å². The van der Waals surface area contributed by atoms with Crippen molar-refractivity contribution in [3.05, 3.63) is 60.4 Å². The first-order valence-electron chi connectivity index (χ1n) is 9.79. The maximum atomic E-state index is 12.3. The van der Waals surface area contributed by atoms with Gasteiger partial charge < -0.3 is 15.5 Å². The zero-order chi connectivity index (χ0) is 19.3. The van der Waals surface area contributed by atoms with Crippen molar-refractivity contribution in [1.29, 1.82) is 0 Å². The number of nitrogens with zero attached hydrogens (tertiary/aromatic N) is 3. The number of benzene rings is 2. The molecule has 1 atom stereocenters. The Labute approximate surface area is 165 Å². The number of hydrogen-bond donors (Lipinski definition) is 2. The summed E-state index contributed by atoms with van der Waals surface area (Å²) in [6.45, 7) is 3.59. The minimum absolute atomic E-state index is 0.180. The molecule has 2 heterocycles. The summed E-state index contributed by atoms with van der Waals surface area (Å²) >= 11 is 0. The van der Waals surface area contributed by atoms with Crippen molar-refractivity contribution in [2.45, 2.75) is 32.2 Å². The van der Waals surface area contributed by atoms with E-state index in [0.717, 1.165) is 53.8 Å². The van der Waals surface area contributed by atoms with Crippen LogP contribution in [0.4, 0.5) is 16.3 Å². The fourth-order valence-electron chi connectivity index (χ4n) is 3.85. The quantitative estimate of drug-likeness (QED) is 0.720. The fourth-order valence-corrected chi connectivity index (χ4v) is 3.85. The van der Waals surface area contributed by atoms with Gasteiger partial charge in [0, 0.05) is 30.2 Å². The van der Waals surface area contributed by atoms with E-state index in [4.69, 9.17) is 0 Å². The highest BCUT2D eigenvalue weighted by Crippen LogP contribution is 2.29. The molecule has 1 aromatic heterocycles. The predicted molar refractivity (Wildman–Crippen MR) is 113 cm³/mol. The lowest BCUT2D eigenvalue weighted by molar-refractivity contribution is 0.250. The zero-order valence-corrected chi connectivity index (χ0v) is 16.1. The zero-order valence-electron chi connectivity index (χ0n) is 16.1. The van der Waals surface area contributed by atoms with E-state index in [9.17, 15) is 4.79 Å². The smallest absolute Gasteiger partial charge is 0.319 e. The molecule has 2 aromatic carbocycles. The predicted octanol–water partition coefficient (Wildman–Crippen LogP) is 4.12. The van der Waals surface area contributed by atoms with Gasteiger partial charge in [0.15, 0.2) is 0 Å². The van der Waals surface area contributed by atoms with Gasteiger partial charge >= 0.3 is 6.03 Å². The number of para-hydroxylation sites is 2. The Morgan fingerprint density at radius 1 is 1.11 bits per heavy atom. The van der Waals surface area contributed by atoms with Crippen LogP contribution in [0.1, 0.15) is 24.8 Å². The monoisotopic (exact) mass is 375 g/mol. The Balaban J connectivity index is 1.49. The third kappa shape index (κ3) is 3.91. The highest BCUT2D eigenvalue weighted by Gasteiger charge is 2.25. The van der Waals surface area contributed by atoms with E-state index in [0.29, 0.717) is 6.54 Å². The first kappa shape index (κ1) is 18.2. The number of carbonyl (C=O) groups excluding carboxylic acids is 1. The molecule has 3 aromatic rings.